The molecule has 0 aromatic heterocycles. The van der Waals surface area contributed by atoms with Crippen LogP contribution in [0.4, 0.5) is 0 Å². The van der Waals surface area contributed by atoms with Gasteiger partial charge in [0.25, 0.3) is 6.47 Å². The van der Waals surface area contributed by atoms with E-state index in [1.54, 1.807) is 18.2 Å². The van der Waals surface area contributed by atoms with Crippen LogP contribution in [0.5, 0.6) is 11.5 Å². The first-order chi connectivity index (χ1) is 37.8. The first-order valence-electron chi connectivity index (χ1n) is 26.7. The number of carboxylic acid groups (broad SMARTS) is 1. The van der Waals surface area contributed by atoms with Crippen LogP contribution < -0.4 is 37.6 Å². The van der Waals surface area contributed by atoms with Gasteiger partial charge in [0, 0.05) is 96.1 Å². The zero-order valence-corrected chi connectivity index (χ0v) is 45.7. The van der Waals surface area contributed by atoms with Crippen molar-refractivity contribution >= 4 is 76.0 Å². The average Bonchev–Trinajstić information content (AvgIpc) is 3.39. The Hall–Kier alpha value is -7.98. The molecule has 4 amide bonds. The van der Waals surface area contributed by atoms with E-state index in [0.717, 1.165) is 0 Å². The number of fused-ring (bicyclic) bond motifs is 2. The molecule has 22 nitrogen and oxygen atoms in total. The van der Waals surface area contributed by atoms with Crippen LogP contribution in [0.1, 0.15) is 135 Å². The lowest BCUT2D eigenvalue weighted by Gasteiger charge is -2.25. The number of ketones is 5. The van der Waals surface area contributed by atoms with E-state index >= 15 is 0 Å². The van der Waals surface area contributed by atoms with Crippen molar-refractivity contribution < 1.29 is 77.2 Å². The lowest BCUT2D eigenvalue weighted by Crippen LogP contribution is -2.49. The molecule has 0 spiro atoms. The van der Waals surface area contributed by atoms with E-state index in [9.17, 15) is 67.7 Å². The van der Waals surface area contributed by atoms with Gasteiger partial charge in [0.2, 0.25) is 23.6 Å². The fourth-order valence-electron chi connectivity index (χ4n) is 9.28. The van der Waals surface area contributed by atoms with Gasteiger partial charge in [-0.15, -0.1) is 0 Å². The number of hydrogen-bond acceptors (Lipinski definition) is 17. The van der Waals surface area contributed by atoms with Crippen LogP contribution in [0, 0.1) is 23.7 Å². The molecule has 2 aromatic rings. The number of carbonyl (C=O) groups is 11. The molecule has 80 heavy (non-hydrogen) atoms. The number of Topliss-reactive ketones (excluding diaryl/α,β-unsaturated/α-hetero) is 5. The van der Waals surface area contributed by atoms with Crippen LogP contribution in [0.15, 0.2) is 63.8 Å². The van der Waals surface area contributed by atoms with E-state index in [4.69, 9.17) is 25.7 Å². The number of aliphatic hydroxyl groups excluding tert-OH is 1. The minimum atomic E-state index is -1.40. The van der Waals surface area contributed by atoms with Gasteiger partial charge in [0.1, 0.15) is 28.6 Å². The van der Waals surface area contributed by atoms with E-state index < -0.39 is 114 Å². The van der Waals surface area contributed by atoms with Gasteiger partial charge in [0.05, 0.1) is 30.1 Å². The van der Waals surface area contributed by atoms with Crippen molar-refractivity contribution in [2.24, 2.45) is 35.1 Å². The summed E-state index contributed by atoms with van der Waals surface area (Å²) in [5.41, 5.74) is 12.6. The van der Waals surface area contributed by atoms with E-state index in [1.165, 1.54) is 71.0 Å². The van der Waals surface area contributed by atoms with Crippen molar-refractivity contribution in [3.63, 3.8) is 0 Å². The highest BCUT2D eigenvalue weighted by atomic mass is 16.5. The van der Waals surface area contributed by atoms with E-state index in [2.05, 4.69) is 16.0 Å². The first kappa shape index (κ1) is 64.5. The van der Waals surface area contributed by atoms with Crippen LogP contribution >= 0.6 is 0 Å². The highest BCUT2D eigenvalue weighted by Gasteiger charge is 2.34. The summed E-state index contributed by atoms with van der Waals surface area (Å²) >= 11 is 0. The normalized spacial score (nSPS) is 14.3. The van der Waals surface area contributed by atoms with E-state index in [-0.39, 0.29) is 91.4 Å². The number of aliphatic carboxylic acids is 1. The number of ether oxygens (including phenoxy) is 1. The Kier molecular flexibility index (Phi) is 25.0. The topological polar surface area (TPSA) is 376 Å². The van der Waals surface area contributed by atoms with Crippen LogP contribution in [0.25, 0.3) is 33.4 Å². The molecule has 0 fully saturated rings. The molecule has 8 atom stereocenters. The van der Waals surface area contributed by atoms with Crippen molar-refractivity contribution in [2.75, 3.05) is 6.54 Å². The molecule has 0 saturated heterocycles. The molecule has 2 aromatic carbocycles. The molecule has 1 heterocycles. The molecular formula is C58H73N5O17. The molecule has 0 unspecified atom stereocenters. The third-order valence-electron chi connectivity index (χ3n) is 14.0. The molecule has 4 rings (SSSR count). The summed E-state index contributed by atoms with van der Waals surface area (Å²) in [6, 6.07) is 9.79. The van der Waals surface area contributed by atoms with Crippen molar-refractivity contribution in [2.45, 2.75) is 149 Å². The number of primary amides is 1. The standard InChI is InChI=1S/C58H73N5O17/c1-31(56(76)61-34(4)48(71)29-43(35(5)66)58(78)63-45(12-9-10-22-59)49(72)26-37(55(60)75)15-21-53(73)74)23-47(70)33(3)62-57(77)38(24-32(2)65)11-7-6-8-13-46(69)36-14-20-50(79-30-64)44(25-36)54-41-18-16-39(67)27-51(41)80-52-28-40(68)17-19-42(52)54/h14,16-20,25,27-28,30-31,33-35,37-38,43,45,66-67H,6-13,15,21-24,26,29,59H2,1-5H3,(H2,60,75)(H,61,76)(H,62,77)(H,63,78)(H,73,74)/t31-,33+,34+,35-,37-,38-,43+,45+/m0/s1. The van der Waals surface area contributed by atoms with Crippen LogP contribution in [-0.2, 0) is 47.9 Å². The molecule has 2 aliphatic rings. The summed E-state index contributed by atoms with van der Waals surface area (Å²) in [5.74, 6) is -10.5. The Bertz CT molecular complexity index is 2950. The summed E-state index contributed by atoms with van der Waals surface area (Å²) in [5, 5.41) is 38.1. The van der Waals surface area contributed by atoms with Crippen LogP contribution in [-0.4, -0.2) is 111 Å². The minimum Gasteiger partial charge on any atom is -0.508 e. The number of aliphatic hydroxyl groups is 1. The maximum atomic E-state index is 13.6. The number of phenols is 1. The Labute approximate surface area is 462 Å². The van der Waals surface area contributed by atoms with Crippen LogP contribution in [0.2, 0.25) is 0 Å². The number of nitrogens with two attached hydrogens (primary N) is 2. The molecule has 1 aliphatic heterocycles. The number of carbonyl (C=O) groups excluding carboxylic acids is 10. The Balaban J connectivity index is 1.31. The number of nitrogens with one attached hydrogen (secondary N) is 3. The van der Waals surface area contributed by atoms with Gasteiger partial charge < -0.3 is 56.7 Å². The Morgan fingerprint density at radius 1 is 0.688 bits per heavy atom. The smallest absolute Gasteiger partial charge is 0.303 e. The zero-order chi connectivity index (χ0) is 59.4. The van der Waals surface area contributed by atoms with Gasteiger partial charge in [-0.25, -0.2) is 0 Å². The maximum absolute atomic E-state index is 13.6. The summed E-state index contributed by atoms with van der Waals surface area (Å²) in [6.07, 6.45) is -0.806. The first-order valence-corrected chi connectivity index (χ1v) is 26.7. The van der Waals surface area contributed by atoms with E-state index in [0.29, 0.717) is 59.7 Å². The second-order valence-electron chi connectivity index (χ2n) is 20.5. The van der Waals surface area contributed by atoms with Gasteiger partial charge in [0.15, 0.2) is 28.6 Å². The molecule has 0 radical (unpaired) electrons. The SMILES string of the molecule is CC(=O)C[C@H](CCCCCC(=O)c1ccc(OC=O)c(-c2c3ccc(=O)cc-3oc3cc(O)ccc23)c1)C(=O)N[C@H](C)C(=O)C[C@H](C)C(=O)N[C@H](C)C(=O)C[C@@H](C(=O)N[C@H](CCCCN)C(=O)C[C@H](CCC(=O)O)C(N)=O)[C@H](C)O. The van der Waals surface area contributed by atoms with Gasteiger partial charge in [-0.3, -0.25) is 52.7 Å². The number of amides is 4. The fraction of sp³-hybridized carbons (Fsp3) is 0.483. The summed E-state index contributed by atoms with van der Waals surface area (Å²) in [7, 11) is 0. The molecule has 0 bridgehead atoms. The number of unbranched alkanes of at least 4 members (excludes halogenated alkanes) is 3. The Morgan fingerprint density at radius 3 is 2.00 bits per heavy atom. The number of rotatable bonds is 36. The second-order valence-corrected chi connectivity index (χ2v) is 20.5. The zero-order valence-electron chi connectivity index (χ0n) is 45.7. The third-order valence-corrected chi connectivity index (χ3v) is 14.0. The minimum absolute atomic E-state index is 0.0884. The number of carboxylic acids is 1. The lowest BCUT2D eigenvalue weighted by molar-refractivity contribution is -0.138. The number of phenolic OH excluding ortho intramolecular Hbond substituents is 1. The molecule has 1 aliphatic carbocycles. The number of hydrogen-bond donors (Lipinski definition) is 8. The van der Waals surface area contributed by atoms with Crippen molar-refractivity contribution in [3.05, 3.63) is 70.4 Å². The van der Waals surface area contributed by atoms with Crippen molar-refractivity contribution in [1.82, 2.24) is 16.0 Å². The summed E-state index contributed by atoms with van der Waals surface area (Å²) < 4.78 is 11.3. The monoisotopic (exact) mass is 1110 g/mol. The van der Waals surface area contributed by atoms with Gasteiger partial charge in [-0.2, -0.15) is 0 Å². The molecular weight excluding hydrogens is 1040 g/mol. The van der Waals surface area contributed by atoms with E-state index in [1.807, 2.05) is 0 Å². The quantitative estimate of drug-likeness (QED) is 0.0133. The Morgan fingerprint density at radius 2 is 1.36 bits per heavy atom. The van der Waals surface area contributed by atoms with Gasteiger partial charge in [-0.1, -0.05) is 19.8 Å². The molecule has 10 N–H and O–H groups in total. The molecule has 0 saturated carbocycles. The predicted octanol–water partition coefficient (Wildman–Crippen LogP) is 4.63. The largest absolute Gasteiger partial charge is 0.508 e. The van der Waals surface area contributed by atoms with Crippen molar-refractivity contribution in [3.8, 4) is 33.9 Å². The summed E-state index contributed by atoms with van der Waals surface area (Å²) in [6.45, 7) is 7.38. The van der Waals surface area contributed by atoms with Gasteiger partial charge in [-0.05, 0) is 115 Å². The average molecular weight is 1110 g/mol. The fourth-order valence-corrected chi connectivity index (χ4v) is 9.28. The lowest BCUT2D eigenvalue weighted by atomic mass is 9.90. The molecule has 432 valence electrons. The third kappa shape index (κ3) is 19.1. The van der Waals surface area contributed by atoms with Crippen molar-refractivity contribution in [1.29, 1.82) is 0 Å². The number of benzene rings is 3. The summed E-state index contributed by atoms with van der Waals surface area (Å²) in [4.78, 5) is 153. The number of aromatic hydroxyl groups is 1. The highest BCUT2D eigenvalue weighted by molar-refractivity contribution is 6.06. The van der Waals surface area contributed by atoms with Crippen LogP contribution in [0.3, 0.4) is 0 Å². The maximum Gasteiger partial charge on any atom is 0.303 e. The van der Waals surface area contributed by atoms with Gasteiger partial charge >= 0.3 is 5.97 Å². The second kappa shape index (κ2) is 31.0. The predicted molar refractivity (Wildman–Crippen MR) is 292 cm³/mol. The highest BCUT2D eigenvalue weighted by Crippen LogP contribution is 2.44. The molecule has 22 heteroatoms.